The predicted molar refractivity (Wildman–Crippen MR) is 89.1 cm³/mol. The molecule has 1 saturated heterocycles. The van der Waals surface area contributed by atoms with Crippen molar-refractivity contribution < 1.29 is 9.59 Å². The molecule has 0 saturated carbocycles. The first-order valence-corrected chi connectivity index (χ1v) is 7.89. The van der Waals surface area contributed by atoms with Crippen molar-refractivity contribution in [3.05, 3.63) is 70.7 Å². The number of hydrogen-bond donors (Lipinski definition) is 1. The van der Waals surface area contributed by atoms with Crippen LogP contribution >= 0.6 is 11.6 Å². The van der Waals surface area contributed by atoms with Crippen LogP contribution in [-0.2, 0) is 16.0 Å². The zero-order chi connectivity index (χ0) is 16.2. The fraction of sp³-hybridized carbons (Fsp3) is 0.222. The Bertz CT molecular complexity index is 718. The number of piperazine rings is 1. The van der Waals surface area contributed by atoms with Crippen LogP contribution in [0.5, 0.6) is 0 Å². The van der Waals surface area contributed by atoms with Crippen molar-refractivity contribution in [1.29, 1.82) is 0 Å². The Balaban J connectivity index is 1.83. The molecule has 1 aliphatic rings. The molecule has 2 aromatic rings. The van der Waals surface area contributed by atoms with E-state index in [-0.39, 0.29) is 18.2 Å². The predicted octanol–water partition coefficient (Wildman–Crippen LogP) is 2.58. The molecule has 1 atom stereocenters. The molecule has 1 fully saturated rings. The summed E-state index contributed by atoms with van der Waals surface area (Å²) in [6.07, 6.45) is 0.233. The van der Waals surface area contributed by atoms with Gasteiger partial charge in [-0.05, 0) is 23.3 Å². The standard InChI is InChI=1S/C18H17ClN2O2/c19-15-8-4-5-13(11-15)12-16(22)21-10-9-20-18(23)17(21)14-6-2-1-3-7-14/h1-8,11,17H,9-10,12H2,(H,20,23). The number of nitrogens with zero attached hydrogens (tertiary/aromatic N) is 1. The van der Waals surface area contributed by atoms with Crippen LogP contribution in [-0.4, -0.2) is 29.8 Å². The van der Waals surface area contributed by atoms with Gasteiger partial charge in [-0.1, -0.05) is 54.1 Å². The summed E-state index contributed by atoms with van der Waals surface area (Å²) < 4.78 is 0. The second kappa shape index (κ2) is 6.84. The number of benzene rings is 2. The minimum atomic E-state index is -0.573. The molecule has 4 nitrogen and oxygen atoms in total. The molecule has 2 amide bonds. The molecule has 23 heavy (non-hydrogen) atoms. The van der Waals surface area contributed by atoms with Crippen LogP contribution in [0.4, 0.5) is 0 Å². The molecule has 2 aromatic carbocycles. The number of halogens is 1. The number of nitrogens with one attached hydrogen (secondary N) is 1. The van der Waals surface area contributed by atoms with Gasteiger partial charge in [-0.15, -0.1) is 0 Å². The Morgan fingerprint density at radius 2 is 1.96 bits per heavy atom. The molecule has 0 spiro atoms. The van der Waals surface area contributed by atoms with Gasteiger partial charge in [0.25, 0.3) is 0 Å². The van der Waals surface area contributed by atoms with Gasteiger partial charge in [0.15, 0.2) is 0 Å². The van der Waals surface area contributed by atoms with E-state index in [1.165, 1.54) is 0 Å². The van der Waals surface area contributed by atoms with Gasteiger partial charge in [-0.2, -0.15) is 0 Å². The number of carbonyl (C=O) groups is 2. The van der Waals surface area contributed by atoms with Gasteiger partial charge in [0, 0.05) is 18.1 Å². The summed E-state index contributed by atoms with van der Waals surface area (Å²) in [7, 11) is 0. The van der Waals surface area contributed by atoms with E-state index < -0.39 is 6.04 Å². The van der Waals surface area contributed by atoms with E-state index in [2.05, 4.69) is 5.32 Å². The summed E-state index contributed by atoms with van der Waals surface area (Å²) in [6.45, 7) is 0.980. The van der Waals surface area contributed by atoms with Gasteiger partial charge in [0.2, 0.25) is 11.8 Å². The zero-order valence-corrected chi connectivity index (χ0v) is 13.3. The van der Waals surface area contributed by atoms with Crippen molar-refractivity contribution in [2.45, 2.75) is 12.5 Å². The van der Waals surface area contributed by atoms with Gasteiger partial charge in [-0.25, -0.2) is 0 Å². The highest BCUT2D eigenvalue weighted by molar-refractivity contribution is 6.30. The van der Waals surface area contributed by atoms with Gasteiger partial charge < -0.3 is 10.2 Å². The van der Waals surface area contributed by atoms with Crippen molar-refractivity contribution in [2.24, 2.45) is 0 Å². The summed E-state index contributed by atoms with van der Waals surface area (Å²) >= 11 is 5.97. The maximum absolute atomic E-state index is 12.7. The van der Waals surface area contributed by atoms with Gasteiger partial charge in [0.1, 0.15) is 6.04 Å². The average molecular weight is 329 g/mol. The monoisotopic (exact) mass is 328 g/mol. The van der Waals surface area contributed by atoms with E-state index in [0.717, 1.165) is 11.1 Å². The minimum Gasteiger partial charge on any atom is -0.352 e. The highest BCUT2D eigenvalue weighted by atomic mass is 35.5. The van der Waals surface area contributed by atoms with E-state index in [4.69, 9.17) is 11.6 Å². The molecule has 118 valence electrons. The third-order valence-electron chi connectivity index (χ3n) is 3.89. The molecule has 1 N–H and O–H groups in total. The number of amides is 2. The molecular weight excluding hydrogens is 312 g/mol. The summed E-state index contributed by atoms with van der Waals surface area (Å²) in [6, 6.07) is 16.0. The Morgan fingerprint density at radius 3 is 2.70 bits per heavy atom. The Labute approximate surface area is 140 Å². The molecule has 0 radical (unpaired) electrons. The smallest absolute Gasteiger partial charge is 0.247 e. The van der Waals surface area contributed by atoms with E-state index >= 15 is 0 Å². The Kier molecular flexibility index (Phi) is 4.63. The van der Waals surface area contributed by atoms with E-state index in [1.54, 1.807) is 17.0 Å². The molecule has 5 heteroatoms. The lowest BCUT2D eigenvalue weighted by atomic mass is 10.0. The fourth-order valence-electron chi connectivity index (χ4n) is 2.83. The molecule has 1 unspecified atom stereocenters. The normalized spacial score (nSPS) is 17.7. The number of hydrogen-bond acceptors (Lipinski definition) is 2. The van der Waals surface area contributed by atoms with Gasteiger partial charge >= 0.3 is 0 Å². The van der Waals surface area contributed by atoms with Crippen LogP contribution in [0.25, 0.3) is 0 Å². The first-order valence-electron chi connectivity index (χ1n) is 7.52. The maximum atomic E-state index is 12.7. The first kappa shape index (κ1) is 15.6. The number of rotatable bonds is 3. The zero-order valence-electron chi connectivity index (χ0n) is 12.5. The van der Waals surface area contributed by atoms with Crippen LogP contribution in [0.1, 0.15) is 17.2 Å². The van der Waals surface area contributed by atoms with Crippen molar-refractivity contribution >= 4 is 23.4 Å². The molecule has 0 aliphatic carbocycles. The molecule has 0 bridgehead atoms. The van der Waals surface area contributed by atoms with Crippen LogP contribution in [0, 0.1) is 0 Å². The third-order valence-corrected chi connectivity index (χ3v) is 4.13. The third kappa shape index (κ3) is 3.54. The molecule has 1 aliphatic heterocycles. The van der Waals surface area contributed by atoms with E-state index in [0.29, 0.717) is 18.1 Å². The molecule has 1 heterocycles. The highest BCUT2D eigenvalue weighted by Gasteiger charge is 2.33. The summed E-state index contributed by atoms with van der Waals surface area (Å²) in [5, 5.41) is 3.44. The lowest BCUT2D eigenvalue weighted by Gasteiger charge is -2.35. The minimum absolute atomic E-state index is 0.0732. The summed E-state index contributed by atoms with van der Waals surface area (Å²) in [4.78, 5) is 26.6. The van der Waals surface area contributed by atoms with Crippen LogP contribution in [0.2, 0.25) is 5.02 Å². The molecule has 3 rings (SSSR count). The maximum Gasteiger partial charge on any atom is 0.247 e. The SMILES string of the molecule is O=C1NCCN(C(=O)Cc2cccc(Cl)c2)C1c1ccccc1. The van der Waals surface area contributed by atoms with Crippen molar-refractivity contribution in [1.82, 2.24) is 10.2 Å². The lowest BCUT2D eigenvalue weighted by Crippen LogP contribution is -2.52. The van der Waals surface area contributed by atoms with Crippen LogP contribution in [0.3, 0.4) is 0 Å². The van der Waals surface area contributed by atoms with E-state index in [9.17, 15) is 9.59 Å². The van der Waals surface area contributed by atoms with Crippen LogP contribution < -0.4 is 5.32 Å². The van der Waals surface area contributed by atoms with Crippen LogP contribution in [0.15, 0.2) is 54.6 Å². The lowest BCUT2D eigenvalue weighted by molar-refractivity contribution is -0.143. The van der Waals surface area contributed by atoms with Gasteiger partial charge in [-0.3, -0.25) is 9.59 Å². The Morgan fingerprint density at radius 1 is 1.17 bits per heavy atom. The molecule has 0 aromatic heterocycles. The second-order valence-corrected chi connectivity index (χ2v) is 5.93. The quantitative estimate of drug-likeness (QED) is 0.941. The first-order chi connectivity index (χ1) is 11.1. The second-order valence-electron chi connectivity index (χ2n) is 5.50. The Hall–Kier alpha value is -2.33. The van der Waals surface area contributed by atoms with Crippen molar-refractivity contribution in [3.63, 3.8) is 0 Å². The average Bonchev–Trinajstić information content (AvgIpc) is 2.55. The fourth-order valence-corrected chi connectivity index (χ4v) is 3.04. The molecular formula is C18H17ClN2O2. The summed E-state index contributed by atoms with van der Waals surface area (Å²) in [5.41, 5.74) is 1.67. The van der Waals surface area contributed by atoms with Gasteiger partial charge in [0.05, 0.1) is 6.42 Å². The highest BCUT2D eigenvalue weighted by Crippen LogP contribution is 2.24. The topological polar surface area (TPSA) is 49.4 Å². The van der Waals surface area contributed by atoms with E-state index in [1.807, 2.05) is 42.5 Å². The largest absolute Gasteiger partial charge is 0.352 e. The summed E-state index contributed by atoms with van der Waals surface area (Å²) in [5.74, 6) is -0.210. The number of carbonyl (C=O) groups excluding carboxylic acids is 2. The van der Waals surface area contributed by atoms with Crippen molar-refractivity contribution in [2.75, 3.05) is 13.1 Å². The van der Waals surface area contributed by atoms with Crippen molar-refractivity contribution in [3.8, 4) is 0 Å².